The van der Waals surface area contributed by atoms with Crippen molar-refractivity contribution >= 4 is 109 Å². The van der Waals surface area contributed by atoms with E-state index in [0.29, 0.717) is 9.08 Å². The van der Waals surface area contributed by atoms with Gasteiger partial charge in [-0.3, -0.25) is 0 Å². The molecule has 0 aliphatic carbocycles. The molecule has 0 atom stereocenters. The summed E-state index contributed by atoms with van der Waals surface area (Å²) in [6, 6.07) is 2.83. The Kier molecular flexibility index (Phi) is 20.0. The van der Waals surface area contributed by atoms with Crippen LogP contribution in [0.25, 0.3) is 0 Å². The molecule has 2 rings (SSSR count). The van der Waals surface area contributed by atoms with Gasteiger partial charge in [0.15, 0.2) is 0 Å². The molecule has 0 saturated carbocycles. The molecule has 0 aromatic carbocycles. The van der Waals surface area contributed by atoms with Gasteiger partial charge in [0.2, 0.25) is 0 Å². The van der Waals surface area contributed by atoms with E-state index in [4.69, 9.17) is 0 Å². The maximum absolute atomic E-state index is 12.7. The Morgan fingerprint density at radius 2 is 1.07 bits per heavy atom. The Morgan fingerprint density at radius 3 is 1.34 bits per heavy atom. The normalized spacial score (nSPS) is 10.3. The fourth-order valence-corrected chi connectivity index (χ4v) is 9.75. The molecule has 0 unspecified atom stereocenters. The summed E-state index contributed by atoms with van der Waals surface area (Å²) in [7, 11) is 0. The van der Waals surface area contributed by atoms with Crippen LogP contribution >= 0.6 is 47.8 Å². The second-order valence-corrected chi connectivity index (χ2v) is 41.9. The third kappa shape index (κ3) is 20.3. The van der Waals surface area contributed by atoms with Crippen LogP contribution in [0.15, 0.2) is 38.1 Å². The zero-order valence-corrected chi connectivity index (χ0v) is 31.9. The predicted octanol–water partition coefficient (Wildman–Crippen LogP) is 8.02. The molecule has 0 spiro atoms. The minimum absolute atomic E-state index is 0.277. The van der Waals surface area contributed by atoms with Crippen LogP contribution in [0.2, 0.25) is 44.5 Å². The number of aromatic nitrogens is 2. The molecule has 0 bridgehead atoms. The van der Waals surface area contributed by atoms with E-state index in [0.717, 1.165) is 14.4 Å². The second-order valence-electron chi connectivity index (χ2n) is 8.16. The van der Waals surface area contributed by atoms with E-state index in [1.54, 1.807) is 0 Å². The van der Waals surface area contributed by atoms with Crippen LogP contribution in [0.1, 0.15) is 0 Å². The zero-order chi connectivity index (χ0) is 23.4. The van der Waals surface area contributed by atoms with E-state index in [-0.39, 0.29) is 11.6 Å². The fraction of sp³-hybridized carbons (Fsp3) is 0.474. The number of pyridine rings is 2. The maximum atomic E-state index is 12.7. The molecule has 2 heterocycles. The molecule has 0 saturated heterocycles. The first-order chi connectivity index (χ1) is 13.1. The Morgan fingerprint density at radius 1 is 0.724 bits per heavy atom. The van der Waals surface area contributed by atoms with Crippen molar-refractivity contribution in [2.24, 2.45) is 0 Å². The molecule has 0 N–H and O–H groups in total. The van der Waals surface area contributed by atoms with Gasteiger partial charge >= 0.3 is 154 Å². The van der Waals surface area contributed by atoms with E-state index in [9.17, 15) is 8.78 Å². The van der Waals surface area contributed by atoms with Gasteiger partial charge in [-0.2, -0.15) is 0 Å². The van der Waals surface area contributed by atoms with E-state index < -0.39 is 57.9 Å². The number of hydrogen-bond acceptors (Lipinski definition) is 2. The van der Waals surface area contributed by atoms with Gasteiger partial charge < -0.3 is 0 Å². The van der Waals surface area contributed by atoms with Crippen LogP contribution in [0.5, 0.6) is 0 Å². The molecule has 10 heteroatoms. The van der Waals surface area contributed by atoms with Gasteiger partial charge in [-0.05, 0) is 37.9 Å². The second kappa shape index (κ2) is 17.5. The first-order valence-electron chi connectivity index (χ1n) is 8.89. The molecule has 2 radical (unpaired) electrons. The number of nitrogens with zero attached hydrogens (tertiary/aromatic N) is 2. The van der Waals surface area contributed by atoms with Gasteiger partial charge in [0.05, 0.1) is 10.7 Å². The standard InChI is InChI=1S/C5H2Br2FN.C5H2BrFN.9CH3.3Sn/c6-4-1-3(8)2-9-5(4)7;6-4-1-5(7)3-8-2-4;;;;;;;;;;;;/h1-2H;1,3H;9*1H3;;;. The van der Waals surface area contributed by atoms with Crippen molar-refractivity contribution in [3.63, 3.8) is 0 Å². The van der Waals surface area contributed by atoms with Gasteiger partial charge in [-0.25, -0.2) is 9.37 Å². The third-order valence-electron chi connectivity index (χ3n) is 2.28. The van der Waals surface area contributed by atoms with Crippen molar-refractivity contribution in [3.8, 4) is 0 Å². The van der Waals surface area contributed by atoms with Crippen molar-refractivity contribution in [1.29, 1.82) is 0 Å². The average Bonchev–Trinajstić information content (AvgIpc) is 2.49. The number of hydrogen-bond donors (Lipinski definition) is 0. The number of rotatable bonds is 1. The van der Waals surface area contributed by atoms with Gasteiger partial charge in [-0.15, -0.1) is 0 Å². The summed E-state index contributed by atoms with van der Waals surface area (Å²) in [6.07, 6.45) is 2.44. The van der Waals surface area contributed by atoms with Crippen molar-refractivity contribution in [3.05, 3.63) is 49.7 Å². The summed E-state index contributed by atoms with van der Waals surface area (Å²) >= 11 is 6.32. The summed E-state index contributed by atoms with van der Waals surface area (Å²) in [4.78, 5) is 28.7. The topological polar surface area (TPSA) is 25.8 Å². The molecule has 2 aromatic heterocycles. The van der Waals surface area contributed by atoms with E-state index >= 15 is 0 Å². The molecule has 164 valence electrons. The van der Waals surface area contributed by atoms with Crippen LogP contribution in [0.3, 0.4) is 0 Å². The molecule has 0 aliphatic heterocycles. The number of halogens is 5. The summed E-state index contributed by atoms with van der Waals surface area (Å²) in [5, 5.41) is 0. The Balaban J connectivity index is 0. The van der Waals surface area contributed by atoms with Crippen LogP contribution in [-0.4, -0.2) is 67.9 Å². The van der Waals surface area contributed by atoms with Gasteiger partial charge in [-0.1, -0.05) is 0 Å². The van der Waals surface area contributed by atoms with Crippen LogP contribution in [0.4, 0.5) is 8.78 Å². The summed E-state index contributed by atoms with van der Waals surface area (Å²) < 4.78 is 28.1. The van der Waals surface area contributed by atoms with Crippen LogP contribution < -0.4 is 3.71 Å². The molecular formula is C19H31Br3F2N2Sn3. The van der Waals surface area contributed by atoms with Gasteiger partial charge in [0.25, 0.3) is 0 Å². The minimum atomic E-state index is -2.13. The molecule has 0 amide bonds. The van der Waals surface area contributed by atoms with Crippen molar-refractivity contribution in [1.82, 2.24) is 9.97 Å². The molecule has 2 aromatic rings. The SMILES string of the molecule is Fc1cnc(Br)c(Br)c1.[CH3][Sn]([CH3])([CH3])[c]1ncc(F)cc1Br.[CH3][Sn]([CH3])[CH3].[CH3][Sn]([CH3])[CH3]. The zero-order valence-electron chi connectivity index (χ0n) is 18.6. The summed E-state index contributed by atoms with van der Waals surface area (Å²) in [5.74, 6) is -0.619. The van der Waals surface area contributed by atoms with Gasteiger partial charge in [0.1, 0.15) is 10.4 Å². The molecular weight excluding hydrogens is 890 g/mol. The van der Waals surface area contributed by atoms with Crippen molar-refractivity contribution < 1.29 is 8.78 Å². The first-order valence-corrected chi connectivity index (χ1v) is 38.4. The molecule has 0 fully saturated rings. The summed E-state index contributed by atoms with van der Waals surface area (Å²) in [6.45, 7) is 0. The average molecular weight is 921 g/mol. The Hall–Kier alpha value is 2.00. The van der Waals surface area contributed by atoms with Gasteiger partial charge in [0, 0.05) is 0 Å². The Labute approximate surface area is 219 Å². The first kappa shape index (κ1) is 33.2. The van der Waals surface area contributed by atoms with E-state index in [1.807, 2.05) is 0 Å². The van der Waals surface area contributed by atoms with Crippen molar-refractivity contribution in [2.45, 2.75) is 44.5 Å². The van der Waals surface area contributed by atoms with Crippen LogP contribution in [0, 0.1) is 11.6 Å². The van der Waals surface area contributed by atoms with E-state index in [2.05, 4.69) is 102 Å². The Bertz CT molecular complexity index is 717. The van der Waals surface area contributed by atoms with Crippen LogP contribution in [-0.2, 0) is 0 Å². The quantitative estimate of drug-likeness (QED) is 0.214. The fourth-order valence-electron chi connectivity index (χ4n) is 1.36. The predicted molar refractivity (Wildman–Crippen MR) is 141 cm³/mol. The third-order valence-corrected chi connectivity index (χ3v) is 10.9. The molecule has 2 nitrogen and oxygen atoms in total. The monoisotopic (exact) mass is 922 g/mol. The molecule has 29 heavy (non-hydrogen) atoms. The van der Waals surface area contributed by atoms with Crippen molar-refractivity contribution in [2.75, 3.05) is 0 Å². The van der Waals surface area contributed by atoms with E-state index in [1.165, 1.54) is 18.3 Å². The molecule has 0 aliphatic rings. The summed E-state index contributed by atoms with van der Waals surface area (Å²) in [5.41, 5.74) is 0.